The number of carbonyl (C=O) groups is 1. The Morgan fingerprint density at radius 1 is 1.22 bits per heavy atom. The number of benzene rings is 2. The second-order valence-corrected chi connectivity index (χ2v) is 6.63. The predicted octanol–water partition coefficient (Wildman–Crippen LogP) is 5.39. The van der Waals surface area contributed by atoms with E-state index in [2.05, 4.69) is 17.2 Å². The van der Waals surface area contributed by atoms with Gasteiger partial charge in [-0.25, -0.2) is 4.98 Å². The molecule has 1 amide bonds. The van der Waals surface area contributed by atoms with Crippen molar-refractivity contribution in [1.29, 1.82) is 0 Å². The van der Waals surface area contributed by atoms with Gasteiger partial charge in [0.25, 0.3) is 0 Å². The molecule has 1 heterocycles. The quantitative estimate of drug-likeness (QED) is 0.571. The van der Waals surface area contributed by atoms with E-state index >= 15 is 0 Å². The molecule has 0 aliphatic heterocycles. The van der Waals surface area contributed by atoms with Crippen LogP contribution in [0, 0.1) is 0 Å². The molecule has 0 unspecified atom stereocenters. The lowest BCUT2D eigenvalue weighted by Crippen LogP contribution is -2.07. The van der Waals surface area contributed by atoms with Gasteiger partial charge < -0.3 is 14.5 Å². The van der Waals surface area contributed by atoms with Crippen LogP contribution in [0.5, 0.6) is 5.75 Å². The Bertz CT molecular complexity index is 940. The first-order valence-electron chi connectivity index (χ1n) is 9.17. The summed E-state index contributed by atoms with van der Waals surface area (Å²) in [6, 6.07) is 13.1. The SMILES string of the molecule is CCCOc1ccc(/C=C/C(=O)Nc2ccc3nc(C(C)C)oc3c2)cc1. The summed E-state index contributed by atoms with van der Waals surface area (Å²) in [6.07, 6.45) is 4.25. The van der Waals surface area contributed by atoms with Gasteiger partial charge in [-0.2, -0.15) is 0 Å². The van der Waals surface area contributed by atoms with Crippen LogP contribution >= 0.6 is 0 Å². The number of carbonyl (C=O) groups excluding carboxylic acids is 1. The Labute approximate surface area is 159 Å². The van der Waals surface area contributed by atoms with Crippen LogP contribution in [0.4, 0.5) is 5.69 Å². The monoisotopic (exact) mass is 364 g/mol. The van der Waals surface area contributed by atoms with Crippen LogP contribution in [-0.2, 0) is 4.79 Å². The minimum absolute atomic E-state index is 0.204. The molecule has 0 fully saturated rings. The molecule has 0 aliphatic carbocycles. The molecule has 3 aromatic rings. The molecule has 0 radical (unpaired) electrons. The summed E-state index contributed by atoms with van der Waals surface area (Å²) in [5, 5.41) is 2.84. The van der Waals surface area contributed by atoms with Crippen LogP contribution in [0.3, 0.4) is 0 Å². The zero-order valence-corrected chi connectivity index (χ0v) is 15.9. The van der Waals surface area contributed by atoms with Crippen LogP contribution in [0.25, 0.3) is 17.2 Å². The third kappa shape index (κ3) is 4.97. The summed E-state index contributed by atoms with van der Waals surface area (Å²) >= 11 is 0. The van der Waals surface area contributed by atoms with Crippen molar-refractivity contribution in [1.82, 2.24) is 4.98 Å². The largest absolute Gasteiger partial charge is 0.494 e. The van der Waals surface area contributed by atoms with Crippen molar-refractivity contribution in [3.05, 3.63) is 60.0 Å². The first-order valence-corrected chi connectivity index (χ1v) is 9.17. The van der Waals surface area contributed by atoms with Crippen LogP contribution in [0.15, 0.2) is 53.0 Å². The number of amides is 1. The predicted molar refractivity (Wildman–Crippen MR) is 108 cm³/mol. The molecule has 2 aromatic carbocycles. The maximum atomic E-state index is 12.2. The Balaban J connectivity index is 1.63. The van der Waals surface area contributed by atoms with Crippen LogP contribution in [-0.4, -0.2) is 17.5 Å². The Morgan fingerprint density at radius 2 is 2.00 bits per heavy atom. The number of hydrogen-bond acceptors (Lipinski definition) is 4. The Kier molecular flexibility index (Phi) is 5.91. The van der Waals surface area contributed by atoms with E-state index in [9.17, 15) is 4.79 Å². The molecule has 0 aliphatic rings. The molecule has 5 nitrogen and oxygen atoms in total. The number of fused-ring (bicyclic) bond motifs is 1. The van der Waals surface area contributed by atoms with Gasteiger partial charge in [0.1, 0.15) is 11.3 Å². The highest BCUT2D eigenvalue weighted by molar-refractivity contribution is 6.02. The molecule has 1 aromatic heterocycles. The number of hydrogen-bond donors (Lipinski definition) is 1. The molecule has 0 atom stereocenters. The average Bonchev–Trinajstić information content (AvgIpc) is 3.09. The van der Waals surface area contributed by atoms with E-state index in [0.29, 0.717) is 23.8 Å². The third-order valence-electron chi connectivity index (χ3n) is 3.95. The zero-order chi connectivity index (χ0) is 19.2. The lowest BCUT2D eigenvalue weighted by Gasteiger charge is -2.04. The van der Waals surface area contributed by atoms with Crippen LogP contribution in [0.2, 0.25) is 0 Å². The Morgan fingerprint density at radius 3 is 2.70 bits per heavy atom. The smallest absolute Gasteiger partial charge is 0.248 e. The number of nitrogens with one attached hydrogen (secondary N) is 1. The molecule has 0 saturated carbocycles. The fourth-order valence-corrected chi connectivity index (χ4v) is 2.52. The van der Waals surface area contributed by atoms with Gasteiger partial charge in [0.05, 0.1) is 6.61 Å². The molecule has 0 spiro atoms. The number of rotatable bonds is 7. The molecular formula is C22H24N2O3. The van der Waals surface area contributed by atoms with Crippen LogP contribution in [0.1, 0.15) is 44.6 Å². The molecular weight excluding hydrogens is 340 g/mol. The Hall–Kier alpha value is -3.08. The van der Waals surface area contributed by atoms with Gasteiger partial charge in [0.2, 0.25) is 5.91 Å². The normalized spacial score (nSPS) is 11.4. The van der Waals surface area contributed by atoms with Crippen molar-refractivity contribution < 1.29 is 13.9 Å². The highest BCUT2D eigenvalue weighted by Gasteiger charge is 2.10. The molecule has 140 valence electrons. The lowest BCUT2D eigenvalue weighted by molar-refractivity contribution is -0.111. The standard InChI is InChI=1S/C22H24N2O3/c1-4-13-26-18-9-5-16(6-10-18)7-12-21(25)23-17-8-11-19-20(14-17)27-22(24-19)15(2)3/h5-12,14-15H,4,13H2,1-3H3,(H,23,25)/b12-7+. The van der Waals surface area contributed by atoms with Crippen molar-refractivity contribution in [2.75, 3.05) is 11.9 Å². The summed E-state index contributed by atoms with van der Waals surface area (Å²) in [7, 11) is 0. The number of ether oxygens (including phenoxy) is 1. The summed E-state index contributed by atoms with van der Waals surface area (Å²) < 4.78 is 11.3. The molecule has 5 heteroatoms. The molecule has 1 N–H and O–H groups in total. The van der Waals surface area contributed by atoms with E-state index in [1.807, 2.05) is 50.2 Å². The van der Waals surface area contributed by atoms with Crippen molar-refractivity contribution in [2.24, 2.45) is 0 Å². The number of nitrogens with zero attached hydrogens (tertiary/aromatic N) is 1. The van der Waals surface area contributed by atoms with Gasteiger partial charge in [0, 0.05) is 23.7 Å². The maximum Gasteiger partial charge on any atom is 0.248 e. The lowest BCUT2D eigenvalue weighted by atomic mass is 10.2. The average molecular weight is 364 g/mol. The molecule has 27 heavy (non-hydrogen) atoms. The van der Waals surface area contributed by atoms with E-state index in [1.165, 1.54) is 6.08 Å². The van der Waals surface area contributed by atoms with Crippen LogP contribution < -0.4 is 10.1 Å². The summed E-state index contributed by atoms with van der Waals surface area (Å²) in [5.74, 6) is 1.54. The van der Waals surface area contributed by atoms with E-state index in [-0.39, 0.29) is 11.8 Å². The maximum absolute atomic E-state index is 12.2. The molecule has 0 bridgehead atoms. The second kappa shape index (κ2) is 8.54. The van der Waals surface area contributed by atoms with Gasteiger partial charge in [-0.3, -0.25) is 4.79 Å². The highest BCUT2D eigenvalue weighted by Crippen LogP contribution is 2.24. The minimum Gasteiger partial charge on any atom is -0.494 e. The first kappa shape index (κ1) is 18.7. The van der Waals surface area contributed by atoms with E-state index in [4.69, 9.17) is 9.15 Å². The molecule has 3 rings (SSSR count). The zero-order valence-electron chi connectivity index (χ0n) is 15.9. The number of aromatic nitrogens is 1. The highest BCUT2D eigenvalue weighted by atomic mass is 16.5. The van der Waals surface area contributed by atoms with Gasteiger partial charge in [-0.1, -0.05) is 32.9 Å². The fourth-order valence-electron chi connectivity index (χ4n) is 2.52. The van der Waals surface area contributed by atoms with Gasteiger partial charge in [-0.15, -0.1) is 0 Å². The van der Waals surface area contributed by atoms with E-state index in [1.54, 1.807) is 12.1 Å². The summed E-state index contributed by atoms with van der Waals surface area (Å²) in [6.45, 7) is 6.83. The number of oxazole rings is 1. The fraction of sp³-hybridized carbons (Fsp3) is 0.273. The van der Waals surface area contributed by atoms with E-state index < -0.39 is 0 Å². The summed E-state index contributed by atoms with van der Waals surface area (Å²) in [5.41, 5.74) is 3.06. The van der Waals surface area contributed by atoms with Crippen molar-refractivity contribution in [3.63, 3.8) is 0 Å². The van der Waals surface area contributed by atoms with Gasteiger partial charge >= 0.3 is 0 Å². The summed E-state index contributed by atoms with van der Waals surface area (Å²) in [4.78, 5) is 16.6. The number of anilines is 1. The first-order chi connectivity index (χ1) is 13.0. The van der Waals surface area contributed by atoms with Crippen molar-refractivity contribution in [2.45, 2.75) is 33.1 Å². The second-order valence-electron chi connectivity index (χ2n) is 6.63. The topological polar surface area (TPSA) is 64.4 Å². The molecule has 0 saturated heterocycles. The third-order valence-corrected chi connectivity index (χ3v) is 3.95. The van der Waals surface area contributed by atoms with E-state index in [0.717, 1.165) is 23.3 Å². The van der Waals surface area contributed by atoms with Gasteiger partial charge in [-0.05, 0) is 42.3 Å². The minimum atomic E-state index is -0.204. The van der Waals surface area contributed by atoms with Gasteiger partial charge in [0.15, 0.2) is 11.5 Å². The van der Waals surface area contributed by atoms with Crippen molar-refractivity contribution in [3.8, 4) is 5.75 Å². The van der Waals surface area contributed by atoms with Crippen molar-refractivity contribution >= 4 is 28.8 Å².